The molecule has 1 amide bonds. The zero-order valence-electron chi connectivity index (χ0n) is 15.7. The molecule has 7 nitrogen and oxygen atoms in total. The summed E-state index contributed by atoms with van der Waals surface area (Å²) in [6, 6.07) is 12.3. The number of nitrogens with zero attached hydrogens (tertiary/aromatic N) is 4. The standard InChI is InChI=1S/C20H22N4O3S/c1-28(26,27)18-7-3-2-6-17(18)20(25)23-12-10-22(11-13-23)14-16-15-24-9-5-4-8-19(24)21-16/h2-9,15H,10-14H2,1H3. The molecule has 1 aliphatic rings. The van der Waals surface area contributed by atoms with Crippen molar-refractivity contribution >= 4 is 21.4 Å². The van der Waals surface area contributed by atoms with Crippen molar-refractivity contribution in [3.05, 3.63) is 66.1 Å². The van der Waals surface area contributed by atoms with Crippen LogP contribution in [-0.2, 0) is 16.4 Å². The summed E-state index contributed by atoms with van der Waals surface area (Å²) in [6.45, 7) is 3.29. The van der Waals surface area contributed by atoms with Gasteiger partial charge in [-0.25, -0.2) is 13.4 Å². The highest BCUT2D eigenvalue weighted by atomic mass is 32.2. The third kappa shape index (κ3) is 3.79. The Morgan fingerprint density at radius 1 is 1.04 bits per heavy atom. The van der Waals surface area contributed by atoms with Gasteiger partial charge in [-0.3, -0.25) is 9.69 Å². The first-order chi connectivity index (χ1) is 13.4. The lowest BCUT2D eigenvalue weighted by Crippen LogP contribution is -2.48. The quantitative estimate of drug-likeness (QED) is 0.669. The van der Waals surface area contributed by atoms with Gasteiger partial charge in [0, 0.05) is 51.4 Å². The van der Waals surface area contributed by atoms with E-state index >= 15 is 0 Å². The van der Waals surface area contributed by atoms with Crippen LogP contribution in [0.25, 0.3) is 5.65 Å². The summed E-state index contributed by atoms with van der Waals surface area (Å²) < 4.78 is 26.0. The van der Waals surface area contributed by atoms with Gasteiger partial charge in [-0.2, -0.15) is 0 Å². The number of hydrogen-bond donors (Lipinski definition) is 0. The number of pyridine rings is 1. The SMILES string of the molecule is CS(=O)(=O)c1ccccc1C(=O)N1CCN(Cc2cn3ccccc3n2)CC1. The predicted molar refractivity (Wildman–Crippen MR) is 106 cm³/mol. The van der Waals surface area contributed by atoms with E-state index in [9.17, 15) is 13.2 Å². The molecule has 3 aromatic rings. The Morgan fingerprint density at radius 2 is 1.75 bits per heavy atom. The van der Waals surface area contributed by atoms with Crippen LogP contribution in [0.4, 0.5) is 0 Å². The largest absolute Gasteiger partial charge is 0.336 e. The van der Waals surface area contributed by atoms with Crippen molar-refractivity contribution in [2.24, 2.45) is 0 Å². The highest BCUT2D eigenvalue weighted by molar-refractivity contribution is 7.90. The average molecular weight is 398 g/mol. The number of hydrogen-bond acceptors (Lipinski definition) is 5. The molecule has 28 heavy (non-hydrogen) atoms. The molecule has 1 aliphatic heterocycles. The average Bonchev–Trinajstić information content (AvgIpc) is 3.09. The summed E-state index contributed by atoms with van der Waals surface area (Å²) in [5, 5.41) is 0. The van der Waals surface area contributed by atoms with Gasteiger partial charge in [-0.1, -0.05) is 18.2 Å². The molecule has 0 aliphatic carbocycles. The Kier molecular flexibility index (Phi) is 4.91. The molecule has 1 aromatic carbocycles. The van der Waals surface area contributed by atoms with Crippen LogP contribution in [0.3, 0.4) is 0 Å². The van der Waals surface area contributed by atoms with Gasteiger partial charge in [0.2, 0.25) is 0 Å². The molecule has 1 fully saturated rings. The van der Waals surface area contributed by atoms with Crippen LogP contribution in [0.5, 0.6) is 0 Å². The smallest absolute Gasteiger partial charge is 0.255 e. The fraction of sp³-hybridized carbons (Fsp3) is 0.300. The Bertz CT molecular complexity index is 1080. The van der Waals surface area contributed by atoms with Crippen molar-refractivity contribution in [3.63, 3.8) is 0 Å². The van der Waals surface area contributed by atoms with Crippen molar-refractivity contribution in [1.82, 2.24) is 19.2 Å². The minimum Gasteiger partial charge on any atom is -0.336 e. The maximum Gasteiger partial charge on any atom is 0.255 e. The minimum atomic E-state index is -3.45. The van der Waals surface area contributed by atoms with Gasteiger partial charge in [0.25, 0.3) is 5.91 Å². The van der Waals surface area contributed by atoms with Crippen molar-refractivity contribution in [2.45, 2.75) is 11.4 Å². The van der Waals surface area contributed by atoms with Gasteiger partial charge in [0.05, 0.1) is 16.2 Å². The fourth-order valence-corrected chi connectivity index (χ4v) is 4.42. The number of benzene rings is 1. The Morgan fingerprint density at radius 3 is 2.46 bits per heavy atom. The zero-order valence-corrected chi connectivity index (χ0v) is 16.5. The maximum absolute atomic E-state index is 12.9. The van der Waals surface area contributed by atoms with E-state index < -0.39 is 9.84 Å². The fourth-order valence-electron chi connectivity index (χ4n) is 3.54. The second kappa shape index (κ2) is 7.37. The molecule has 146 valence electrons. The van der Waals surface area contributed by atoms with E-state index in [-0.39, 0.29) is 16.4 Å². The van der Waals surface area contributed by atoms with Crippen LogP contribution >= 0.6 is 0 Å². The van der Waals surface area contributed by atoms with E-state index in [1.807, 2.05) is 35.0 Å². The first-order valence-corrected chi connectivity index (χ1v) is 11.0. The topological polar surface area (TPSA) is 75.0 Å². The molecule has 4 rings (SSSR count). The number of carbonyl (C=O) groups is 1. The van der Waals surface area contributed by atoms with Gasteiger partial charge in [0.1, 0.15) is 5.65 Å². The van der Waals surface area contributed by atoms with E-state index in [0.29, 0.717) is 13.1 Å². The molecule has 0 atom stereocenters. The summed E-state index contributed by atoms with van der Waals surface area (Å²) in [4.78, 5) is 21.6. The first kappa shape index (κ1) is 18.6. The molecule has 0 unspecified atom stereocenters. The molecular formula is C20H22N4O3S. The predicted octanol–water partition coefficient (Wildman–Crippen LogP) is 1.70. The highest BCUT2D eigenvalue weighted by Gasteiger charge is 2.26. The summed E-state index contributed by atoms with van der Waals surface area (Å²) in [7, 11) is -3.45. The molecule has 0 spiro atoms. The zero-order chi connectivity index (χ0) is 19.7. The first-order valence-electron chi connectivity index (χ1n) is 9.15. The van der Waals surface area contributed by atoms with Crippen LogP contribution in [0.2, 0.25) is 0 Å². The number of piperazine rings is 1. The van der Waals surface area contributed by atoms with Crippen molar-refractivity contribution in [3.8, 4) is 0 Å². The molecule has 0 radical (unpaired) electrons. The van der Waals surface area contributed by atoms with E-state index in [1.165, 1.54) is 6.07 Å². The molecule has 8 heteroatoms. The number of sulfone groups is 1. The lowest BCUT2D eigenvalue weighted by atomic mass is 10.1. The number of rotatable bonds is 4. The van der Waals surface area contributed by atoms with Crippen molar-refractivity contribution < 1.29 is 13.2 Å². The van der Waals surface area contributed by atoms with Gasteiger partial charge in [0.15, 0.2) is 9.84 Å². The van der Waals surface area contributed by atoms with Crippen LogP contribution in [-0.4, -0.2) is 65.9 Å². The van der Waals surface area contributed by atoms with Crippen molar-refractivity contribution in [1.29, 1.82) is 0 Å². The lowest BCUT2D eigenvalue weighted by Gasteiger charge is -2.34. The third-order valence-electron chi connectivity index (χ3n) is 4.98. The van der Waals surface area contributed by atoms with E-state index in [4.69, 9.17) is 0 Å². The summed E-state index contributed by atoms with van der Waals surface area (Å²) in [5.41, 5.74) is 2.16. The number of amides is 1. The number of imidazole rings is 1. The van der Waals surface area contributed by atoms with Gasteiger partial charge < -0.3 is 9.30 Å². The van der Waals surface area contributed by atoms with E-state index in [1.54, 1.807) is 23.1 Å². The molecule has 2 aromatic heterocycles. The Balaban J connectivity index is 1.42. The molecular weight excluding hydrogens is 376 g/mol. The Hall–Kier alpha value is -2.71. The Labute approximate surface area is 164 Å². The molecule has 0 bridgehead atoms. The number of aromatic nitrogens is 2. The van der Waals surface area contributed by atoms with Crippen LogP contribution in [0.15, 0.2) is 59.8 Å². The second-order valence-corrected chi connectivity index (χ2v) is 9.02. The third-order valence-corrected chi connectivity index (χ3v) is 6.13. The van der Waals surface area contributed by atoms with Crippen molar-refractivity contribution in [2.75, 3.05) is 32.4 Å². The normalized spacial score (nSPS) is 15.8. The molecule has 3 heterocycles. The monoisotopic (exact) mass is 398 g/mol. The maximum atomic E-state index is 12.9. The summed E-state index contributed by atoms with van der Waals surface area (Å²) in [5.74, 6) is -0.228. The van der Waals surface area contributed by atoms with Gasteiger partial charge >= 0.3 is 0 Å². The number of fused-ring (bicyclic) bond motifs is 1. The van der Waals surface area contributed by atoms with E-state index in [2.05, 4.69) is 9.88 Å². The highest BCUT2D eigenvalue weighted by Crippen LogP contribution is 2.19. The molecule has 0 saturated carbocycles. The van der Waals surface area contributed by atoms with Crippen LogP contribution in [0, 0.1) is 0 Å². The van der Waals surface area contributed by atoms with Gasteiger partial charge in [-0.05, 0) is 24.3 Å². The number of carbonyl (C=O) groups excluding carboxylic acids is 1. The molecule has 1 saturated heterocycles. The van der Waals surface area contributed by atoms with Crippen LogP contribution in [0.1, 0.15) is 16.1 Å². The minimum absolute atomic E-state index is 0.0899. The van der Waals surface area contributed by atoms with Gasteiger partial charge in [-0.15, -0.1) is 0 Å². The van der Waals surface area contributed by atoms with Crippen LogP contribution < -0.4 is 0 Å². The second-order valence-electron chi connectivity index (χ2n) is 7.04. The lowest BCUT2D eigenvalue weighted by molar-refractivity contribution is 0.0623. The summed E-state index contributed by atoms with van der Waals surface area (Å²) in [6.07, 6.45) is 5.13. The van der Waals surface area contributed by atoms with E-state index in [0.717, 1.165) is 37.2 Å². The summed E-state index contributed by atoms with van der Waals surface area (Å²) >= 11 is 0. The molecule has 0 N–H and O–H groups in total.